The van der Waals surface area contributed by atoms with Crippen LogP contribution in [0.2, 0.25) is 0 Å². The first-order chi connectivity index (χ1) is 2.77. The molecule has 0 saturated heterocycles. The zero-order valence-corrected chi connectivity index (χ0v) is 7.24. The van der Waals surface area contributed by atoms with Crippen LogP contribution >= 0.6 is 0 Å². The van der Waals surface area contributed by atoms with E-state index in [1.165, 1.54) is 6.92 Å². The summed E-state index contributed by atoms with van der Waals surface area (Å²) in [6, 6.07) is 0. The fraction of sp³-hybridized carbons (Fsp3) is 0.750. The second kappa shape index (κ2) is 6.73. The molecule has 7 heavy (non-hydrogen) atoms. The molecule has 0 heterocycles. The summed E-state index contributed by atoms with van der Waals surface area (Å²) in [6.45, 7) is 1.73. The number of nitrogens with one attached hydrogen (secondary N) is 1. The molecule has 2 nitrogen and oxygen atoms in total. The van der Waals surface area contributed by atoms with Gasteiger partial charge in [-0.25, -0.2) is 0 Å². The van der Waals surface area contributed by atoms with Gasteiger partial charge < -0.3 is 10.5 Å². The van der Waals surface area contributed by atoms with Crippen molar-refractivity contribution in [2.45, 2.75) is 13.3 Å². The summed E-state index contributed by atoms with van der Waals surface area (Å²) in [7, 11) is 0. The van der Waals surface area contributed by atoms with Gasteiger partial charge in [0.05, 0.1) is 0 Å². The average Bonchev–Trinajstić information content (AvgIpc) is 1.35. The smallest absolute Gasteiger partial charge is 0.128 e. The standard InChI is InChI=1S/C4H8NO.Y/c1-4(6)2-3-5;/h5H,2-3H2,1H3;/q-1;. The van der Waals surface area contributed by atoms with Gasteiger partial charge in [0.25, 0.3) is 0 Å². The van der Waals surface area contributed by atoms with Crippen LogP contribution in [0.15, 0.2) is 0 Å². The molecule has 0 atom stereocenters. The third-order valence-electron chi connectivity index (χ3n) is 0.477. The molecule has 39 valence electrons. The third kappa shape index (κ3) is 10.8. The van der Waals surface area contributed by atoms with Crippen molar-refractivity contribution in [2.24, 2.45) is 0 Å². The summed E-state index contributed by atoms with van der Waals surface area (Å²) in [4.78, 5) is 9.92. The first kappa shape index (κ1) is 10.7. The maximum absolute atomic E-state index is 9.92. The second-order valence-electron chi connectivity index (χ2n) is 1.20. The van der Waals surface area contributed by atoms with Gasteiger partial charge in [0.2, 0.25) is 0 Å². The molecular weight excluding hydrogens is 167 g/mol. The minimum absolute atomic E-state index is 0. The topological polar surface area (TPSA) is 40.9 Å². The fourth-order valence-corrected chi connectivity index (χ4v) is 0.176. The molecule has 0 aliphatic heterocycles. The van der Waals surface area contributed by atoms with Gasteiger partial charge in [-0.1, -0.05) is 0 Å². The monoisotopic (exact) mass is 175 g/mol. The van der Waals surface area contributed by atoms with Gasteiger partial charge in [-0.05, 0) is 13.3 Å². The number of hydrogen-bond acceptors (Lipinski definition) is 1. The Morgan fingerprint density at radius 2 is 2.14 bits per heavy atom. The summed E-state index contributed by atoms with van der Waals surface area (Å²) in [5.41, 5.74) is 6.51. The Kier molecular flexibility index (Phi) is 10.3. The van der Waals surface area contributed by atoms with Gasteiger partial charge >= 0.3 is 0 Å². The van der Waals surface area contributed by atoms with Gasteiger partial charge in [-0.2, -0.15) is 0 Å². The molecule has 1 radical (unpaired) electrons. The SMILES string of the molecule is CC(=O)CC[NH-].[Y]. The van der Waals surface area contributed by atoms with E-state index in [1.54, 1.807) is 0 Å². The van der Waals surface area contributed by atoms with Crippen LogP contribution in [0, 0.1) is 0 Å². The maximum atomic E-state index is 9.92. The predicted molar refractivity (Wildman–Crippen MR) is 24.5 cm³/mol. The molecule has 0 rings (SSSR count). The molecule has 0 spiro atoms. The van der Waals surface area contributed by atoms with Crippen LogP contribution in [0.25, 0.3) is 5.73 Å². The van der Waals surface area contributed by atoms with Crippen molar-refractivity contribution in [1.29, 1.82) is 0 Å². The zero-order valence-electron chi connectivity index (χ0n) is 4.40. The molecule has 0 amide bonds. The van der Waals surface area contributed by atoms with E-state index in [-0.39, 0.29) is 45.0 Å². The van der Waals surface area contributed by atoms with E-state index in [2.05, 4.69) is 0 Å². The van der Waals surface area contributed by atoms with Crippen molar-refractivity contribution < 1.29 is 37.5 Å². The average molecular weight is 175 g/mol. The number of ketones is 1. The second-order valence-corrected chi connectivity index (χ2v) is 1.20. The minimum atomic E-state index is 0. The molecule has 0 aromatic carbocycles. The van der Waals surface area contributed by atoms with E-state index in [1.807, 2.05) is 0 Å². The van der Waals surface area contributed by atoms with E-state index < -0.39 is 0 Å². The molecular formula is C4H8NOY-. The van der Waals surface area contributed by atoms with Gasteiger partial charge in [0, 0.05) is 32.7 Å². The number of carbonyl (C=O) groups excluding carboxylic acids is 1. The van der Waals surface area contributed by atoms with Gasteiger partial charge in [-0.15, -0.1) is 6.54 Å². The molecule has 1 N–H and O–H groups in total. The van der Waals surface area contributed by atoms with Crippen molar-refractivity contribution in [3.8, 4) is 0 Å². The summed E-state index contributed by atoms with van der Waals surface area (Å²) < 4.78 is 0. The molecule has 0 fully saturated rings. The minimum Gasteiger partial charge on any atom is -0.677 e. The van der Waals surface area contributed by atoms with Crippen molar-refractivity contribution in [1.82, 2.24) is 0 Å². The van der Waals surface area contributed by atoms with Crippen molar-refractivity contribution in [3.05, 3.63) is 5.73 Å². The number of rotatable bonds is 2. The Morgan fingerprint density at radius 3 is 2.14 bits per heavy atom. The summed E-state index contributed by atoms with van der Waals surface area (Å²) >= 11 is 0. The molecule has 0 aliphatic carbocycles. The van der Waals surface area contributed by atoms with E-state index in [0.717, 1.165) is 0 Å². The number of Topliss-reactive ketones (excluding diaryl/α,β-unsaturated/α-hetero) is 1. The Balaban J connectivity index is 0. The van der Waals surface area contributed by atoms with Crippen LogP contribution in [0.4, 0.5) is 0 Å². The number of carbonyl (C=O) groups is 1. The van der Waals surface area contributed by atoms with Crippen molar-refractivity contribution in [2.75, 3.05) is 6.54 Å². The first-order valence-electron chi connectivity index (χ1n) is 1.91. The Bertz CT molecular complexity index is 55.7. The first-order valence-corrected chi connectivity index (χ1v) is 1.91. The molecule has 0 unspecified atom stereocenters. The van der Waals surface area contributed by atoms with Crippen LogP contribution in [0.3, 0.4) is 0 Å². The molecule has 3 heteroatoms. The molecule has 0 saturated carbocycles. The third-order valence-corrected chi connectivity index (χ3v) is 0.477. The van der Waals surface area contributed by atoms with Crippen molar-refractivity contribution in [3.63, 3.8) is 0 Å². The molecule has 0 bridgehead atoms. The van der Waals surface area contributed by atoms with Crippen molar-refractivity contribution >= 4 is 5.78 Å². The summed E-state index contributed by atoms with van der Waals surface area (Å²) in [5.74, 6) is 0.102. The van der Waals surface area contributed by atoms with Gasteiger partial charge in [-0.3, -0.25) is 0 Å². The maximum Gasteiger partial charge on any atom is 0.128 e. The van der Waals surface area contributed by atoms with Crippen LogP contribution in [-0.4, -0.2) is 12.3 Å². The Labute approximate surface area is 68.7 Å². The fourth-order valence-electron chi connectivity index (χ4n) is 0.176. The van der Waals surface area contributed by atoms with E-state index in [0.29, 0.717) is 6.42 Å². The quantitative estimate of drug-likeness (QED) is 0.617. The predicted octanol–water partition coefficient (Wildman–Crippen LogP) is 1.02. The number of hydrogen-bond donors (Lipinski definition) is 0. The van der Waals surface area contributed by atoms with Crippen LogP contribution in [0.1, 0.15) is 13.3 Å². The van der Waals surface area contributed by atoms with Crippen LogP contribution in [-0.2, 0) is 37.5 Å². The summed E-state index contributed by atoms with van der Waals surface area (Å²) in [5, 5.41) is 0. The normalized spacial score (nSPS) is 7.14. The van der Waals surface area contributed by atoms with Crippen LogP contribution in [0.5, 0.6) is 0 Å². The van der Waals surface area contributed by atoms with E-state index in [4.69, 9.17) is 5.73 Å². The van der Waals surface area contributed by atoms with Gasteiger partial charge in [0.1, 0.15) is 5.78 Å². The zero-order chi connectivity index (χ0) is 4.99. The van der Waals surface area contributed by atoms with E-state index in [9.17, 15) is 4.79 Å². The molecule has 0 aromatic heterocycles. The summed E-state index contributed by atoms with van der Waals surface area (Å²) in [6.07, 6.45) is 0.403. The molecule has 0 aromatic rings. The molecule has 0 aliphatic rings. The van der Waals surface area contributed by atoms with E-state index >= 15 is 0 Å². The van der Waals surface area contributed by atoms with Crippen LogP contribution < -0.4 is 0 Å². The largest absolute Gasteiger partial charge is 0.677 e. The Morgan fingerprint density at radius 1 is 1.71 bits per heavy atom. The van der Waals surface area contributed by atoms with Gasteiger partial charge in [0.15, 0.2) is 0 Å². The Hall–Kier alpha value is 0.734.